The van der Waals surface area contributed by atoms with Crippen LogP contribution >= 0.6 is 0 Å². The summed E-state index contributed by atoms with van der Waals surface area (Å²) in [6.45, 7) is 0.265. The van der Waals surface area contributed by atoms with Crippen molar-refractivity contribution in [2.24, 2.45) is 13.0 Å². The minimum atomic E-state index is -0.459. The Kier molecular flexibility index (Phi) is 4.06. The molecule has 1 aliphatic carbocycles. The summed E-state index contributed by atoms with van der Waals surface area (Å²) in [7, 11) is 1.80. The van der Waals surface area contributed by atoms with Gasteiger partial charge in [0.15, 0.2) is 0 Å². The molecule has 0 saturated heterocycles. The number of anilines is 1. The van der Waals surface area contributed by atoms with E-state index in [9.17, 15) is 9.90 Å². The molecular formula is C15H19N5O2. The first kappa shape index (κ1) is 14.5. The first-order valence-electron chi connectivity index (χ1n) is 7.30. The molecule has 2 aromatic rings. The molecule has 0 bridgehead atoms. The van der Waals surface area contributed by atoms with E-state index < -0.39 is 6.10 Å². The Bertz CT molecular complexity index is 651. The number of rotatable bonds is 5. The van der Waals surface area contributed by atoms with Crippen molar-refractivity contribution in [1.29, 1.82) is 0 Å². The molecule has 0 aliphatic heterocycles. The van der Waals surface area contributed by atoms with E-state index in [0.717, 1.165) is 18.4 Å². The van der Waals surface area contributed by atoms with Crippen molar-refractivity contribution < 1.29 is 9.90 Å². The number of urea groups is 1. The maximum Gasteiger partial charge on any atom is 0.319 e. The second kappa shape index (κ2) is 6.15. The fourth-order valence-electron chi connectivity index (χ4n) is 2.31. The van der Waals surface area contributed by atoms with Gasteiger partial charge in [0, 0.05) is 37.7 Å². The van der Waals surface area contributed by atoms with Crippen LogP contribution in [0.1, 0.15) is 12.8 Å². The summed E-state index contributed by atoms with van der Waals surface area (Å²) in [5.41, 5.74) is 2.18. The van der Waals surface area contributed by atoms with Gasteiger partial charge in [-0.15, -0.1) is 0 Å². The molecule has 1 fully saturated rings. The minimum absolute atomic E-state index is 0.265. The first-order valence-corrected chi connectivity index (χ1v) is 7.30. The number of aromatic nitrogens is 3. The van der Waals surface area contributed by atoms with Gasteiger partial charge in [0.05, 0.1) is 11.8 Å². The van der Waals surface area contributed by atoms with Crippen LogP contribution in [-0.4, -0.2) is 38.6 Å². The summed E-state index contributed by atoms with van der Waals surface area (Å²) in [6, 6.07) is 3.33. The molecule has 7 heteroatoms. The second-order valence-electron chi connectivity index (χ2n) is 5.54. The molecular weight excluding hydrogens is 282 g/mol. The Morgan fingerprint density at radius 3 is 2.86 bits per heavy atom. The lowest BCUT2D eigenvalue weighted by molar-refractivity contribution is 0.150. The zero-order chi connectivity index (χ0) is 15.5. The first-order chi connectivity index (χ1) is 10.6. The number of nitrogens with one attached hydrogen (secondary N) is 2. The van der Waals surface area contributed by atoms with Gasteiger partial charge in [0.1, 0.15) is 5.69 Å². The van der Waals surface area contributed by atoms with Gasteiger partial charge in [-0.3, -0.25) is 9.67 Å². The maximum absolute atomic E-state index is 12.0. The number of hydrogen-bond donors (Lipinski definition) is 3. The van der Waals surface area contributed by atoms with Crippen molar-refractivity contribution >= 4 is 11.7 Å². The number of hydrogen-bond acceptors (Lipinski definition) is 4. The molecule has 2 aromatic heterocycles. The van der Waals surface area contributed by atoms with Crippen molar-refractivity contribution in [3.05, 3.63) is 30.7 Å². The number of amides is 2. The van der Waals surface area contributed by atoms with Gasteiger partial charge in [-0.05, 0) is 30.9 Å². The molecule has 1 atom stereocenters. The van der Waals surface area contributed by atoms with Crippen LogP contribution < -0.4 is 10.6 Å². The number of pyridine rings is 1. The fourth-order valence-corrected chi connectivity index (χ4v) is 2.31. The van der Waals surface area contributed by atoms with Gasteiger partial charge in [-0.2, -0.15) is 5.10 Å². The van der Waals surface area contributed by atoms with E-state index in [2.05, 4.69) is 20.7 Å². The summed E-state index contributed by atoms with van der Waals surface area (Å²) in [4.78, 5) is 15.9. The molecule has 1 saturated carbocycles. The van der Waals surface area contributed by atoms with Crippen LogP contribution in [0.15, 0.2) is 30.7 Å². The van der Waals surface area contributed by atoms with Gasteiger partial charge in [-0.25, -0.2) is 4.79 Å². The summed E-state index contributed by atoms with van der Waals surface area (Å²) < 4.78 is 1.64. The molecule has 0 radical (unpaired) electrons. The summed E-state index contributed by atoms with van der Waals surface area (Å²) in [5.74, 6) is 0.339. The van der Waals surface area contributed by atoms with E-state index in [1.807, 2.05) is 12.1 Å². The highest BCUT2D eigenvalue weighted by Gasteiger charge is 2.29. The van der Waals surface area contributed by atoms with Crippen LogP contribution in [0.4, 0.5) is 10.5 Å². The van der Waals surface area contributed by atoms with E-state index in [4.69, 9.17) is 0 Å². The Morgan fingerprint density at radius 2 is 2.18 bits per heavy atom. The van der Waals surface area contributed by atoms with E-state index >= 15 is 0 Å². The fraction of sp³-hybridized carbons (Fsp3) is 0.400. The number of aliphatic hydroxyl groups is 1. The lowest BCUT2D eigenvalue weighted by Crippen LogP contribution is -2.36. The minimum Gasteiger partial charge on any atom is -0.391 e. The SMILES string of the molecule is Cn1cc(NC(=O)NCC(O)C2CC2)c(-c2ccncc2)n1. The van der Waals surface area contributed by atoms with E-state index in [0.29, 0.717) is 17.3 Å². The molecule has 1 aliphatic rings. The molecule has 3 N–H and O–H groups in total. The van der Waals surface area contributed by atoms with Crippen LogP contribution in [0.5, 0.6) is 0 Å². The third-order valence-electron chi connectivity index (χ3n) is 3.67. The Labute approximate surface area is 128 Å². The number of aryl methyl sites for hydroxylation is 1. The molecule has 0 spiro atoms. The van der Waals surface area contributed by atoms with Crippen molar-refractivity contribution in [3.8, 4) is 11.3 Å². The monoisotopic (exact) mass is 301 g/mol. The maximum atomic E-state index is 12.0. The summed E-state index contributed by atoms with van der Waals surface area (Å²) >= 11 is 0. The largest absolute Gasteiger partial charge is 0.391 e. The van der Waals surface area contributed by atoms with Crippen LogP contribution in [0, 0.1) is 5.92 Å². The average molecular weight is 301 g/mol. The highest BCUT2D eigenvalue weighted by Crippen LogP contribution is 2.32. The van der Waals surface area contributed by atoms with E-state index in [1.165, 1.54) is 0 Å². The zero-order valence-corrected chi connectivity index (χ0v) is 12.4. The standard InChI is InChI=1S/C15H19N5O2/c1-20-9-12(14(19-20)11-4-6-16-7-5-11)18-15(22)17-8-13(21)10-2-3-10/h4-7,9-10,13,21H,2-3,8H2,1H3,(H2,17,18,22). The predicted octanol–water partition coefficient (Wildman–Crippen LogP) is 1.37. The topological polar surface area (TPSA) is 92.1 Å². The Morgan fingerprint density at radius 1 is 1.45 bits per heavy atom. The summed E-state index contributed by atoms with van der Waals surface area (Å²) in [6.07, 6.45) is 6.73. The van der Waals surface area contributed by atoms with Gasteiger partial charge in [-0.1, -0.05) is 0 Å². The Balaban J connectivity index is 1.65. The molecule has 116 valence electrons. The molecule has 2 heterocycles. The van der Waals surface area contributed by atoms with Crippen LogP contribution in [0.2, 0.25) is 0 Å². The number of carbonyl (C=O) groups excluding carboxylic acids is 1. The normalized spacial score (nSPS) is 15.4. The van der Waals surface area contributed by atoms with Crippen molar-refractivity contribution in [3.63, 3.8) is 0 Å². The third kappa shape index (κ3) is 3.43. The van der Waals surface area contributed by atoms with Gasteiger partial charge in [0.25, 0.3) is 0 Å². The van der Waals surface area contributed by atoms with E-state index in [-0.39, 0.29) is 12.6 Å². The molecule has 7 nitrogen and oxygen atoms in total. The molecule has 3 rings (SSSR count). The van der Waals surface area contributed by atoms with Gasteiger partial charge >= 0.3 is 6.03 Å². The highest BCUT2D eigenvalue weighted by molar-refractivity contribution is 5.93. The van der Waals surface area contributed by atoms with Gasteiger partial charge < -0.3 is 15.7 Å². The predicted molar refractivity (Wildman–Crippen MR) is 82.2 cm³/mol. The lowest BCUT2D eigenvalue weighted by atomic mass is 10.2. The van der Waals surface area contributed by atoms with E-state index in [1.54, 1.807) is 30.3 Å². The van der Waals surface area contributed by atoms with Crippen LogP contribution in [-0.2, 0) is 7.05 Å². The zero-order valence-electron chi connectivity index (χ0n) is 12.4. The van der Waals surface area contributed by atoms with Gasteiger partial charge in [0.2, 0.25) is 0 Å². The highest BCUT2D eigenvalue weighted by atomic mass is 16.3. The lowest BCUT2D eigenvalue weighted by Gasteiger charge is -2.11. The van der Waals surface area contributed by atoms with Crippen molar-refractivity contribution in [2.45, 2.75) is 18.9 Å². The molecule has 2 amide bonds. The molecule has 22 heavy (non-hydrogen) atoms. The quantitative estimate of drug-likeness (QED) is 0.778. The number of aliphatic hydroxyl groups excluding tert-OH is 1. The molecule has 0 aromatic carbocycles. The average Bonchev–Trinajstić information content (AvgIpc) is 3.30. The van der Waals surface area contributed by atoms with Crippen molar-refractivity contribution in [1.82, 2.24) is 20.1 Å². The second-order valence-corrected chi connectivity index (χ2v) is 5.54. The summed E-state index contributed by atoms with van der Waals surface area (Å²) in [5, 5.41) is 19.6. The number of carbonyl (C=O) groups is 1. The molecule has 1 unspecified atom stereocenters. The van der Waals surface area contributed by atoms with Crippen LogP contribution in [0.3, 0.4) is 0 Å². The number of nitrogens with zero attached hydrogens (tertiary/aromatic N) is 3. The smallest absolute Gasteiger partial charge is 0.319 e. The van der Waals surface area contributed by atoms with Crippen molar-refractivity contribution in [2.75, 3.05) is 11.9 Å². The Hall–Kier alpha value is -2.41. The third-order valence-corrected chi connectivity index (χ3v) is 3.67. The van der Waals surface area contributed by atoms with Crippen LogP contribution in [0.25, 0.3) is 11.3 Å².